The van der Waals surface area contributed by atoms with Crippen LogP contribution in [-0.2, 0) is 0 Å². The van der Waals surface area contributed by atoms with Gasteiger partial charge in [-0.1, -0.05) is 0 Å². The van der Waals surface area contributed by atoms with Crippen molar-refractivity contribution in [2.75, 3.05) is 0 Å². The molecule has 0 spiro atoms. The van der Waals surface area contributed by atoms with Gasteiger partial charge in [0.1, 0.15) is 0 Å². The normalized spacial score (nSPS) is 14.8. The second kappa shape index (κ2) is 5.36. The Morgan fingerprint density at radius 1 is 0.588 bits per heavy atom. The van der Waals surface area contributed by atoms with E-state index in [0.717, 1.165) is 0 Å². The zero-order valence-electron chi connectivity index (χ0n) is 6.67. The Bertz CT molecular complexity index is 232. The summed E-state index contributed by atoms with van der Waals surface area (Å²) in [6.45, 7) is 0. The summed E-state index contributed by atoms with van der Waals surface area (Å²) in [4.78, 5) is 7.90. The molecule has 0 heterocycles. The van der Waals surface area contributed by atoms with Gasteiger partial charge in [-0.05, 0) is 0 Å². The van der Waals surface area contributed by atoms with Crippen LogP contribution in [0.15, 0.2) is 0 Å². The zero-order valence-corrected chi connectivity index (χ0v) is 7.57. The van der Waals surface area contributed by atoms with Gasteiger partial charge in [-0.2, -0.15) is 43.9 Å². The standard InChI is InChI=1S/C4HF10OP.Na.H/c5-1(6,7)3(11,12)16(15)4(13,14)2(8,9)10;;/h15H;;. The van der Waals surface area contributed by atoms with Crippen LogP contribution in [0.5, 0.6) is 0 Å². The topological polar surface area (TPSA) is 20.2 Å². The summed E-state index contributed by atoms with van der Waals surface area (Å²) in [5.41, 5.74) is -13.0. The van der Waals surface area contributed by atoms with Crippen molar-refractivity contribution in [3.8, 4) is 0 Å². The van der Waals surface area contributed by atoms with E-state index in [1.165, 1.54) is 0 Å². The van der Waals surface area contributed by atoms with E-state index in [1.807, 2.05) is 0 Å². The van der Waals surface area contributed by atoms with Crippen LogP contribution in [0.4, 0.5) is 43.9 Å². The molecule has 0 aromatic rings. The van der Waals surface area contributed by atoms with E-state index < -0.39 is 31.8 Å². The van der Waals surface area contributed by atoms with Crippen molar-refractivity contribution in [3.63, 3.8) is 0 Å². The Morgan fingerprint density at radius 2 is 0.765 bits per heavy atom. The Kier molecular flexibility index (Phi) is 6.31. The summed E-state index contributed by atoms with van der Waals surface area (Å²) in [5.74, 6) is 0. The van der Waals surface area contributed by atoms with Crippen molar-refractivity contribution >= 4 is 37.7 Å². The Labute approximate surface area is 110 Å². The number of rotatable bonds is 2. The maximum atomic E-state index is 12.0. The molecule has 0 aromatic carbocycles. The summed E-state index contributed by atoms with van der Waals surface area (Å²) in [6.07, 6.45) is -13.4. The van der Waals surface area contributed by atoms with Crippen LogP contribution in [-0.4, -0.2) is 58.1 Å². The molecule has 100 valence electrons. The van der Waals surface area contributed by atoms with E-state index in [0.29, 0.717) is 0 Å². The SMILES string of the molecule is OP(C(F)(F)C(F)(F)F)C(F)(F)C(F)(F)F.[NaH]. The van der Waals surface area contributed by atoms with Crippen LogP contribution >= 0.6 is 8.15 Å². The van der Waals surface area contributed by atoms with E-state index >= 15 is 0 Å². The molecule has 0 amide bonds. The predicted molar refractivity (Wildman–Crippen MR) is 38.3 cm³/mol. The van der Waals surface area contributed by atoms with Crippen LogP contribution in [0.1, 0.15) is 0 Å². The van der Waals surface area contributed by atoms with E-state index in [2.05, 4.69) is 0 Å². The Balaban J connectivity index is 0. The molecule has 1 N–H and O–H groups in total. The van der Waals surface area contributed by atoms with Gasteiger partial charge in [0.05, 0.1) is 0 Å². The third-order valence-corrected chi connectivity index (χ3v) is 2.79. The zero-order chi connectivity index (χ0) is 13.6. The van der Waals surface area contributed by atoms with Crippen molar-refractivity contribution in [2.24, 2.45) is 0 Å². The van der Waals surface area contributed by atoms with Crippen molar-refractivity contribution in [1.29, 1.82) is 0 Å². The van der Waals surface area contributed by atoms with Crippen LogP contribution in [0, 0.1) is 0 Å². The molecular weight excluding hydrogens is 308 g/mol. The van der Waals surface area contributed by atoms with E-state index in [1.54, 1.807) is 0 Å². The molecule has 1 nitrogen and oxygen atoms in total. The first-order valence-electron chi connectivity index (χ1n) is 3.04. The molecule has 0 aromatic heterocycles. The van der Waals surface area contributed by atoms with Crippen LogP contribution in [0.3, 0.4) is 0 Å². The molecule has 0 aliphatic carbocycles. The van der Waals surface area contributed by atoms with E-state index in [-0.39, 0.29) is 29.6 Å². The van der Waals surface area contributed by atoms with Crippen LogP contribution in [0.2, 0.25) is 0 Å². The van der Waals surface area contributed by atoms with Gasteiger partial charge in [-0.15, -0.1) is 0 Å². The van der Waals surface area contributed by atoms with Crippen molar-refractivity contribution < 1.29 is 48.8 Å². The molecule has 0 aliphatic rings. The van der Waals surface area contributed by atoms with E-state index in [9.17, 15) is 43.9 Å². The minimum atomic E-state index is -6.69. The summed E-state index contributed by atoms with van der Waals surface area (Å²) >= 11 is 0. The number of halogens is 10. The van der Waals surface area contributed by atoms with Gasteiger partial charge in [0.25, 0.3) is 0 Å². The molecular formula is C4H2F10NaOP. The van der Waals surface area contributed by atoms with Gasteiger partial charge in [0.15, 0.2) is 8.15 Å². The van der Waals surface area contributed by atoms with Gasteiger partial charge in [-0.3, -0.25) is 0 Å². The molecule has 0 atom stereocenters. The molecule has 0 rings (SSSR count). The molecule has 0 fully saturated rings. The third-order valence-electron chi connectivity index (χ3n) is 1.21. The number of alkyl halides is 10. The van der Waals surface area contributed by atoms with Gasteiger partial charge in [0, 0.05) is 0 Å². The van der Waals surface area contributed by atoms with Crippen molar-refractivity contribution in [2.45, 2.75) is 23.7 Å². The third kappa shape index (κ3) is 3.82. The van der Waals surface area contributed by atoms with Gasteiger partial charge in [-0.25, -0.2) is 0 Å². The average Bonchev–Trinajstić information content (AvgIpc) is 1.98. The maximum absolute atomic E-state index is 12.0. The fraction of sp³-hybridized carbons (Fsp3) is 1.00. The monoisotopic (exact) mass is 310 g/mol. The van der Waals surface area contributed by atoms with Crippen molar-refractivity contribution in [1.82, 2.24) is 0 Å². The number of hydrogen-bond donors (Lipinski definition) is 1. The Morgan fingerprint density at radius 3 is 0.882 bits per heavy atom. The molecule has 0 radical (unpaired) electrons. The second-order valence-electron chi connectivity index (χ2n) is 2.39. The predicted octanol–water partition coefficient (Wildman–Crippen LogP) is 3.04. The fourth-order valence-corrected chi connectivity index (χ4v) is 1.25. The van der Waals surface area contributed by atoms with Gasteiger partial charge >= 0.3 is 53.2 Å². The summed E-state index contributed by atoms with van der Waals surface area (Å²) in [6, 6.07) is 0. The first-order chi connectivity index (χ1) is 6.65. The number of hydrogen-bond acceptors (Lipinski definition) is 1. The second-order valence-corrected chi connectivity index (χ2v) is 4.14. The first kappa shape index (κ1) is 20.0. The molecule has 0 saturated carbocycles. The summed E-state index contributed by atoms with van der Waals surface area (Å²) < 4.78 is 117. The molecule has 0 bridgehead atoms. The molecule has 0 unspecified atom stereocenters. The molecule has 17 heavy (non-hydrogen) atoms. The van der Waals surface area contributed by atoms with E-state index in [4.69, 9.17) is 4.89 Å². The average molecular weight is 310 g/mol. The minimum absolute atomic E-state index is 0. The van der Waals surface area contributed by atoms with Crippen LogP contribution < -0.4 is 0 Å². The fourth-order valence-electron chi connectivity index (χ4n) is 0.417. The molecule has 0 aliphatic heterocycles. The van der Waals surface area contributed by atoms with Crippen molar-refractivity contribution in [3.05, 3.63) is 0 Å². The first-order valence-corrected chi connectivity index (χ1v) is 4.33. The quantitative estimate of drug-likeness (QED) is 0.472. The summed E-state index contributed by atoms with van der Waals surface area (Å²) in [5, 5.41) is 0. The van der Waals surface area contributed by atoms with Crippen LogP contribution in [0.25, 0.3) is 0 Å². The molecule has 0 saturated heterocycles. The molecule has 13 heteroatoms. The summed E-state index contributed by atoms with van der Waals surface area (Å²) in [7, 11) is -5.96. The van der Waals surface area contributed by atoms with Gasteiger partial charge in [0.2, 0.25) is 0 Å². The van der Waals surface area contributed by atoms with Gasteiger partial charge < -0.3 is 4.89 Å². The Hall–Kier alpha value is 0.690.